The highest BCUT2D eigenvalue weighted by atomic mass is 35.5. The van der Waals surface area contributed by atoms with Crippen LogP contribution in [0.25, 0.3) is 0 Å². The van der Waals surface area contributed by atoms with Gasteiger partial charge in [-0.05, 0) is 45.6 Å². The smallest absolute Gasteiger partial charge is 0.243 e. The van der Waals surface area contributed by atoms with Gasteiger partial charge in [-0.2, -0.15) is 0 Å². The number of halogens is 2. The van der Waals surface area contributed by atoms with Crippen molar-refractivity contribution in [3.63, 3.8) is 0 Å². The number of anilines is 1. The van der Waals surface area contributed by atoms with Crippen LogP contribution in [-0.2, 0) is 10.0 Å². The van der Waals surface area contributed by atoms with Crippen molar-refractivity contribution in [2.24, 2.45) is 0 Å². The van der Waals surface area contributed by atoms with E-state index in [1.165, 1.54) is 6.07 Å². The second-order valence-electron chi connectivity index (χ2n) is 4.72. The largest absolute Gasteiger partial charge is 0.396 e. The number of nitrogens with two attached hydrogens (primary N) is 1. The van der Waals surface area contributed by atoms with Gasteiger partial charge >= 0.3 is 0 Å². The molecule has 0 saturated carbocycles. The molecule has 0 heterocycles. The van der Waals surface area contributed by atoms with Crippen LogP contribution in [0.3, 0.4) is 0 Å². The van der Waals surface area contributed by atoms with E-state index >= 15 is 0 Å². The van der Waals surface area contributed by atoms with Crippen LogP contribution in [-0.4, -0.2) is 40.5 Å². The van der Waals surface area contributed by atoms with E-state index in [0.29, 0.717) is 6.42 Å². The van der Waals surface area contributed by atoms with Crippen LogP contribution in [0.1, 0.15) is 12.8 Å². The van der Waals surface area contributed by atoms with Gasteiger partial charge in [0.2, 0.25) is 10.0 Å². The molecule has 5 nitrogen and oxygen atoms in total. The summed E-state index contributed by atoms with van der Waals surface area (Å²) in [5.41, 5.74) is 5.08. The quantitative estimate of drug-likeness (QED) is 0.591. The fraction of sp³-hybridized carbons (Fsp3) is 0.500. The molecule has 0 aromatic heterocycles. The summed E-state index contributed by atoms with van der Waals surface area (Å²) in [5, 5.41) is 0.0804. The van der Waals surface area contributed by atoms with Crippen molar-refractivity contribution in [3.8, 4) is 0 Å². The number of nitrogens with one attached hydrogen (secondary N) is 1. The van der Waals surface area contributed by atoms with E-state index in [1.54, 1.807) is 0 Å². The lowest BCUT2D eigenvalue weighted by molar-refractivity contribution is 0.394. The van der Waals surface area contributed by atoms with E-state index in [1.807, 2.05) is 19.0 Å². The summed E-state index contributed by atoms with van der Waals surface area (Å²) in [5.74, 6) is -0.977. The van der Waals surface area contributed by atoms with E-state index in [0.717, 1.165) is 19.0 Å². The molecule has 1 aromatic carbocycles. The summed E-state index contributed by atoms with van der Waals surface area (Å²) in [6.45, 7) is 1.10. The molecule has 0 atom stereocenters. The number of unbranched alkanes of at least 4 members (excludes halogenated alkanes) is 1. The van der Waals surface area contributed by atoms with Crippen LogP contribution in [0.4, 0.5) is 10.1 Å². The molecule has 0 bridgehead atoms. The maximum atomic E-state index is 13.7. The highest BCUT2D eigenvalue weighted by Crippen LogP contribution is 2.25. The molecule has 0 unspecified atom stereocenters. The Morgan fingerprint density at radius 1 is 1.35 bits per heavy atom. The first-order valence-electron chi connectivity index (χ1n) is 6.13. The Morgan fingerprint density at radius 3 is 2.60 bits per heavy atom. The van der Waals surface area contributed by atoms with E-state index in [-0.39, 0.29) is 17.3 Å². The Morgan fingerprint density at radius 2 is 2.00 bits per heavy atom. The first-order valence-corrected chi connectivity index (χ1v) is 7.99. The van der Waals surface area contributed by atoms with Gasteiger partial charge in [-0.3, -0.25) is 0 Å². The van der Waals surface area contributed by atoms with Crippen molar-refractivity contribution in [1.29, 1.82) is 0 Å². The first-order chi connectivity index (χ1) is 9.24. The Kier molecular flexibility index (Phi) is 6.19. The molecular formula is C12H19ClFN3O2S. The van der Waals surface area contributed by atoms with Crippen molar-refractivity contribution < 1.29 is 12.8 Å². The summed E-state index contributed by atoms with van der Waals surface area (Å²) in [6, 6.07) is 2.22. The van der Waals surface area contributed by atoms with Gasteiger partial charge in [0.1, 0.15) is 4.90 Å². The molecule has 0 amide bonds. The van der Waals surface area contributed by atoms with E-state index in [2.05, 4.69) is 4.72 Å². The average molecular weight is 324 g/mol. The molecule has 1 aromatic rings. The van der Waals surface area contributed by atoms with E-state index < -0.39 is 20.7 Å². The zero-order chi connectivity index (χ0) is 15.3. The second-order valence-corrected chi connectivity index (χ2v) is 6.89. The normalized spacial score (nSPS) is 12.1. The zero-order valence-electron chi connectivity index (χ0n) is 11.5. The van der Waals surface area contributed by atoms with Gasteiger partial charge in [-0.15, -0.1) is 0 Å². The fourth-order valence-electron chi connectivity index (χ4n) is 1.62. The summed E-state index contributed by atoms with van der Waals surface area (Å²) in [4.78, 5) is 1.49. The van der Waals surface area contributed by atoms with Crippen LogP contribution in [0, 0.1) is 5.82 Å². The first kappa shape index (κ1) is 17.2. The number of rotatable bonds is 7. The maximum absolute atomic E-state index is 13.7. The number of nitrogen functional groups attached to an aromatic ring is 1. The number of hydrogen-bond acceptors (Lipinski definition) is 4. The molecule has 20 heavy (non-hydrogen) atoms. The predicted octanol–water partition coefficient (Wildman–Crippen LogP) is 1.68. The zero-order valence-corrected chi connectivity index (χ0v) is 13.1. The van der Waals surface area contributed by atoms with Gasteiger partial charge in [0.15, 0.2) is 5.82 Å². The van der Waals surface area contributed by atoms with Crippen molar-refractivity contribution in [3.05, 3.63) is 23.0 Å². The molecule has 0 aliphatic carbocycles. The van der Waals surface area contributed by atoms with Crippen LogP contribution in [0.5, 0.6) is 0 Å². The minimum Gasteiger partial charge on any atom is -0.396 e. The minimum atomic E-state index is -3.94. The Balaban J connectivity index is 2.70. The lowest BCUT2D eigenvalue weighted by atomic mass is 10.3. The summed E-state index contributed by atoms with van der Waals surface area (Å²) in [6.07, 6.45) is 1.50. The summed E-state index contributed by atoms with van der Waals surface area (Å²) >= 11 is 5.70. The highest BCUT2D eigenvalue weighted by Gasteiger charge is 2.21. The van der Waals surface area contributed by atoms with Crippen molar-refractivity contribution >= 4 is 27.3 Å². The lowest BCUT2D eigenvalue weighted by Crippen LogP contribution is -2.26. The third-order valence-corrected chi connectivity index (χ3v) is 4.32. The SMILES string of the molecule is CN(C)CCCCNS(=O)(=O)c1cc(Cl)cc(N)c1F. The molecular weight excluding hydrogens is 305 g/mol. The summed E-state index contributed by atoms with van der Waals surface area (Å²) in [7, 11) is -0.0621. The third-order valence-electron chi connectivity index (χ3n) is 2.65. The lowest BCUT2D eigenvalue weighted by Gasteiger charge is -2.11. The second kappa shape index (κ2) is 7.21. The number of hydrogen-bond donors (Lipinski definition) is 2. The van der Waals surface area contributed by atoms with Gasteiger partial charge in [0.05, 0.1) is 5.69 Å². The minimum absolute atomic E-state index is 0.0804. The molecule has 0 radical (unpaired) electrons. The van der Waals surface area contributed by atoms with Crippen molar-refractivity contribution in [1.82, 2.24) is 9.62 Å². The van der Waals surface area contributed by atoms with Crippen molar-refractivity contribution in [2.45, 2.75) is 17.7 Å². The predicted molar refractivity (Wildman–Crippen MR) is 78.8 cm³/mol. The van der Waals surface area contributed by atoms with Crippen LogP contribution >= 0.6 is 11.6 Å². The Labute approximate surface area is 124 Å². The van der Waals surface area contributed by atoms with Gasteiger partial charge < -0.3 is 10.6 Å². The molecule has 0 aliphatic heterocycles. The van der Waals surface area contributed by atoms with Crippen LogP contribution in [0.15, 0.2) is 17.0 Å². The number of nitrogens with zero attached hydrogens (tertiary/aromatic N) is 1. The third kappa shape index (κ3) is 4.90. The van der Waals surface area contributed by atoms with Gasteiger partial charge in [0, 0.05) is 11.6 Å². The standard InChI is InChI=1S/C12H19ClFN3O2S/c1-17(2)6-4-3-5-16-20(18,19)11-8-9(13)7-10(15)12(11)14/h7-8,16H,3-6,15H2,1-2H3. The Bertz CT molecular complexity index is 564. The molecule has 0 saturated heterocycles. The molecule has 1 rings (SSSR count). The number of benzene rings is 1. The average Bonchev–Trinajstić information content (AvgIpc) is 2.32. The highest BCUT2D eigenvalue weighted by molar-refractivity contribution is 7.89. The molecule has 0 aliphatic rings. The molecule has 114 valence electrons. The Hall–Kier alpha value is -0.890. The van der Waals surface area contributed by atoms with Gasteiger partial charge in [-0.1, -0.05) is 11.6 Å². The maximum Gasteiger partial charge on any atom is 0.243 e. The van der Waals surface area contributed by atoms with E-state index in [9.17, 15) is 12.8 Å². The monoisotopic (exact) mass is 323 g/mol. The fourth-order valence-corrected chi connectivity index (χ4v) is 3.11. The summed E-state index contributed by atoms with van der Waals surface area (Å²) < 4.78 is 40.1. The molecule has 3 N–H and O–H groups in total. The molecule has 0 fully saturated rings. The topological polar surface area (TPSA) is 75.4 Å². The van der Waals surface area contributed by atoms with Crippen LogP contribution in [0.2, 0.25) is 5.02 Å². The van der Waals surface area contributed by atoms with Gasteiger partial charge in [0.25, 0.3) is 0 Å². The van der Waals surface area contributed by atoms with Crippen LogP contribution < -0.4 is 10.5 Å². The number of sulfonamides is 1. The van der Waals surface area contributed by atoms with Gasteiger partial charge in [-0.25, -0.2) is 17.5 Å². The molecule has 0 spiro atoms. The van der Waals surface area contributed by atoms with E-state index in [4.69, 9.17) is 17.3 Å². The molecule has 8 heteroatoms. The van der Waals surface area contributed by atoms with Crippen molar-refractivity contribution in [2.75, 3.05) is 32.9 Å².